The van der Waals surface area contributed by atoms with Gasteiger partial charge in [-0.1, -0.05) is 6.07 Å². The lowest BCUT2D eigenvalue weighted by molar-refractivity contribution is -0.121. The predicted molar refractivity (Wildman–Crippen MR) is 87.0 cm³/mol. The van der Waals surface area contributed by atoms with Crippen molar-refractivity contribution in [2.24, 2.45) is 4.99 Å². The van der Waals surface area contributed by atoms with Gasteiger partial charge in [-0.15, -0.1) is 0 Å². The molecule has 3 rings (SSSR count). The molecule has 1 N–H and O–H groups in total. The van der Waals surface area contributed by atoms with Gasteiger partial charge in [0.05, 0.1) is 10.6 Å². The molecule has 1 fully saturated rings. The van der Waals surface area contributed by atoms with E-state index in [1.54, 1.807) is 37.4 Å². The van der Waals surface area contributed by atoms with E-state index >= 15 is 0 Å². The highest BCUT2D eigenvalue weighted by Crippen LogP contribution is 2.33. The Hall–Kier alpha value is -2.47. The van der Waals surface area contributed by atoms with Gasteiger partial charge >= 0.3 is 0 Å². The number of carbonyl (C=O) groups excluding carboxylic acids is 1. The van der Waals surface area contributed by atoms with E-state index in [9.17, 15) is 9.90 Å². The van der Waals surface area contributed by atoms with Gasteiger partial charge in [0.1, 0.15) is 17.3 Å². The summed E-state index contributed by atoms with van der Waals surface area (Å²) in [6.45, 7) is 1.85. The molecular formula is C16H14N2O3S. The summed E-state index contributed by atoms with van der Waals surface area (Å²) in [5.74, 6) is 1.45. The second-order valence-electron chi connectivity index (χ2n) is 4.84. The Morgan fingerprint density at radius 1 is 1.32 bits per heavy atom. The average Bonchev–Trinajstić information content (AvgIpc) is 2.99. The molecule has 0 atom stereocenters. The highest BCUT2D eigenvalue weighted by atomic mass is 32.2. The molecule has 6 heteroatoms. The van der Waals surface area contributed by atoms with Crippen molar-refractivity contribution in [2.45, 2.75) is 6.92 Å². The lowest BCUT2D eigenvalue weighted by Crippen LogP contribution is -2.23. The van der Waals surface area contributed by atoms with Crippen LogP contribution < -0.4 is 0 Å². The van der Waals surface area contributed by atoms with Crippen LogP contribution in [0.15, 0.2) is 50.7 Å². The molecule has 0 saturated carbocycles. The van der Waals surface area contributed by atoms with Crippen molar-refractivity contribution in [1.29, 1.82) is 0 Å². The first-order valence-electron chi connectivity index (χ1n) is 6.65. The van der Waals surface area contributed by atoms with E-state index in [1.807, 2.05) is 19.1 Å². The number of hydrogen-bond acceptors (Lipinski definition) is 5. The first-order chi connectivity index (χ1) is 10.5. The van der Waals surface area contributed by atoms with Crippen LogP contribution in [0.5, 0.6) is 5.75 Å². The fourth-order valence-corrected chi connectivity index (χ4v) is 2.95. The molecule has 1 saturated heterocycles. The van der Waals surface area contributed by atoms with Gasteiger partial charge in [-0.3, -0.25) is 9.69 Å². The zero-order chi connectivity index (χ0) is 15.7. The van der Waals surface area contributed by atoms with E-state index in [1.165, 1.54) is 16.7 Å². The van der Waals surface area contributed by atoms with Crippen molar-refractivity contribution in [3.05, 3.63) is 52.8 Å². The number of aliphatic imine (C=N–C) groups is 1. The van der Waals surface area contributed by atoms with Crippen molar-refractivity contribution in [1.82, 2.24) is 4.90 Å². The van der Waals surface area contributed by atoms with Crippen LogP contribution in [0.2, 0.25) is 0 Å². The van der Waals surface area contributed by atoms with E-state index in [0.717, 1.165) is 5.76 Å². The van der Waals surface area contributed by atoms with Gasteiger partial charge < -0.3 is 9.52 Å². The van der Waals surface area contributed by atoms with Gasteiger partial charge in [0.15, 0.2) is 5.17 Å². The second kappa shape index (κ2) is 5.73. The zero-order valence-electron chi connectivity index (χ0n) is 12.1. The van der Waals surface area contributed by atoms with Crippen molar-refractivity contribution in [2.75, 3.05) is 7.05 Å². The molecule has 1 aliphatic rings. The molecule has 0 unspecified atom stereocenters. The lowest BCUT2D eigenvalue weighted by Gasteiger charge is -2.07. The van der Waals surface area contributed by atoms with Gasteiger partial charge in [-0.25, -0.2) is 4.99 Å². The monoisotopic (exact) mass is 314 g/mol. The largest absolute Gasteiger partial charge is 0.508 e. The number of benzene rings is 1. The number of amidine groups is 1. The molecule has 0 radical (unpaired) electrons. The van der Waals surface area contributed by atoms with Crippen molar-refractivity contribution in [3.8, 4) is 5.75 Å². The maximum absolute atomic E-state index is 12.2. The van der Waals surface area contributed by atoms with E-state index in [2.05, 4.69) is 4.99 Å². The first-order valence-corrected chi connectivity index (χ1v) is 7.46. The SMILES string of the molecule is Cc1ccc(/C=C2\SC(=Nc3cccc(O)c3)N(C)C2=O)o1. The number of carbonyl (C=O) groups is 1. The molecule has 0 aliphatic carbocycles. The first kappa shape index (κ1) is 14.5. The highest BCUT2D eigenvalue weighted by molar-refractivity contribution is 8.18. The Morgan fingerprint density at radius 2 is 2.14 bits per heavy atom. The van der Waals surface area contributed by atoms with Crippen molar-refractivity contribution < 1.29 is 14.3 Å². The summed E-state index contributed by atoms with van der Waals surface area (Å²) in [4.78, 5) is 18.7. The van der Waals surface area contributed by atoms with Gasteiger partial charge in [0.2, 0.25) is 0 Å². The number of hydrogen-bond donors (Lipinski definition) is 1. The highest BCUT2D eigenvalue weighted by Gasteiger charge is 2.30. The van der Waals surface area contributed by atoms with E-state index < -0.39 is 0 Å². The maximum Gasteiger partial charge on any atom is 0.266 e. The fourth-order valence-electron chi connectivity index (χ4n) is 1.98. The summed E-state index contributed by atoms with van der Waals surface area (Å²) in [7, 11) is 1.67. The fraction of sp³-hybridized carbons (Fsp3) is 0.125. The number of phenolic OH excluding ortho intramolecular Hbond substituents is 1. The predicted octanol–water partition coefficient (Wildman–Crippen LogP) is 3.53. The van der Waals surface area contributed by atoms with Crippen LogP contribution >= 0.6 is 11.8 Å². The van der Waals surface area contributed by atoms with Crippen molar-refractivity contribution >= 4 is 34.6 Å². The third-order valence-electron chi connectivity index (χ3n) is 3.09. The minimum atomic E-state index is -0.127. The molecule has 2 aromatic rings. The van der Waals surface area contributed by atoms with E-state index in [4.69, 9.17) is 4.42 Å². The number of phenols is 1. The van der Waals surface area contributed by atoms with Crippen LogP contribution in [-0.2, 0) is 4.79 Å². The van der Waals surface area contributed by atoms with Crippen LogP contribution in [0, 0.1) is 6.92 Å². The van der Waals surface area contributed by atoms with Crippen LogP contribution in [-0.4, -0.2) is 28.1 Å². The molecule has 1 amide bonds. The number of rotatable bonds is 2. The van der Waals surface area contributed by atoms with E-state index in [0.29, 0.717) is 21.5 Å². The molecule has 0 bridgehead atoms. The summed E-state index contributed by atoms with van der Waals surface area (Å²) in [5, 5.41) is 10.0. The van der Waals surface area contributed by atoms with Gasteiger partial charge in [-0.2, -0.15) is 0 Å². The number of amides is 1. The van der Waals surface area contributed by atoms with Gasteiger partial charge in [0.25, 0.3) is 5.91 Å². The Kier molecular flexibility index (Phi) is 3.77. The van der Waals surface area contributed by atoms with Crippen LogP contribution in [0.3, 0.4) is 0 Å². The quantitative estimate of drug-likeness (QED) is 0.861. The number of likely N-dealkylation sites (N-methyl/N-ethyl adjacent to an activating group) is 1. The Labute approximate surface area is 132 Å². The molecular weight excluding hydrogens is 300 g/mol. The summed E-state index contributed by atoms with van der Waals surface area (Å²) in [6, 6.07) is 10.3. The number of furan rings is 1. The average molecular weight is 314 g/mol. The molecule has 5 nitrogen and oxygen atoms in total. The van der Waals surface area contributed by atoms with Crippen LogP contribution in [0.25, 0.3) is 6.08 Å². The number of thioether (sulfide) groups is 1. The number of aromatic hydroxyl groups is 1. The standard InChI is InChI=1S/C16H14N2O3S/c1-10-6-7-13(21-10)9-14-15(20)18(2)16(22-14)17-11-4-3-5-12(19)8-11/h3-9,19H,1-2H3/b14-9-,17-16?. The van der Waals surface area contributed by atoms with Crippen LogP contribution in [0.4, 0.5) is 5.69 Å². The third-order valence-corrected chi connectivity index (χ3v) is 4.15. The second-order valence-corrected chi connectivity index (χ2v) is 5.85. The van der Waals surface area contributed by atoms with Gasteiger partial charge in [-0.05, 0) is 43.0 Å². The number of aryl methyl sites for hydroxylation is 1. The summed E-state index contributed by atoms with van der Waals surface area (Å²) in [6.07, 6.45) is 1.71. The number of nitrogens with zero attached hydrogens (tertiary/aromatic N) is 2. The summed E-state index contributed by atoms with van der Waals surface area (Å²) >= 11 is 1.28. The normalized spacial score (nSPS) is 18.6. The lowest BCUT2D eigenvalue weighted by atomic mass is 10.3. The molecule has 1 aromatic heterocycles. The Morgan fingerprint density at radius 3 is 2.82 bits per heavy atom. The smallest absolute Gasteiger partial charge is 0.266 e. The Balaban J connectivity index is 1.90. The van der Waals surface area contributed by atoms with E-state index in [-0.39, 0.29) is 11.7 Å². The third kappa shape index (κ3) is 2.92. The zero-order valence-corrected chi connectivity index (χ0v) is 12.9. The molecule has 0 spiro atoms. The van der Waals surface area contributed by atoms with Crippen molar-refractivity contribution in [3.63, 3.8) is 0 Å². The minimum absolute atomic E-state index is 0.127. The molecule has 2 heterocycles. The molecule has 1 aliphatic heterocycles. The topological polar surface area (TPSA) is 66.0 Å². The molecule has 22 heavy (non-hydrogen) atoms. The summed E-state index contributed by atoms with van der Waals surface area (Å²) < 4.78 is 5.46. The van der Waals surface area contributed by atoms with Gasteiger partial charge in [0, 0.05) is 19.2 Å². The minimum Gasteiger partial charge on any atom is -0.508 e. The summed E-state index contributed by atoms with van der Waals surface area (Å²) in [5.41, 5.74) is 0.595. The molecule has 1 aromatic carbocycles. The Bertz CT molecular complexity index is 792. The maximum atomic E-state index is 12.2. The van der Waals surface area contributed by atoms with Crippen LogP contribution in [0.1, 0.15) is 11.5 Å². The molecule has 112 valence electrons.